The number of alkyl halides is 1. The van der Waals surface area contributed by atoms with Crippen LogP contribution in [0.1, 0.15) is 45.2 Å². The van der Waals surface area contributed by atoms with Gasteiger partial charge in [0.15, 0.2) is 0 Å². The summed E-state index contributed by atoms with van der Waals surface area (Å²) < 4.78 is 5.60. The van der Waals surface area contributed by atoms with Gasteiger partial charge in [-0.1, -0.05) is 28.1 Å². The molecule has 0 fully saturated rings. The van der Waals surface area contributed by atoms with Crippen molar-refractivity contribution in [2.45, 2.75) is 51.8 Å². The van der Waals surface area contributed by atoms with Crippen LogP contribution in [0, 0.1) is 11.3 Å². The molecule has 0 aliphatic heterocycles. The highest BCUT2D eigenvalue weighted by Gasteiger charge is 2.30. The maximum absolute atomic E-state index is 12.1. The molecule has 0 radical (unpaired) electrons. The van der Waals surface area contributed by atoms with Gasteiger partial charge >= 0.3 is 5.97 Å². The number of benzene rings is 1. The van der Waals surface area contributed by atoms with Crippen LogP contribution in [-0.2, 0) is 22.4 Å². The van der Waals surface area contributed by atoms with Crippen LogP contribution in [0.15, 0.2) is 18.2 Å². The third-order valence-corrected chi connectivity index (χ3v) is 5.49. The third-order valence-electron chi connectivity index (χ3n) is 4.09. The summed E-state index contributed by atoms with van der Waals surface area (Å²) >= 11 is 3.51. The first kappa shape index (κ1) is 17.2. The zero-order valence-electron chi connectivity index (χ0n) is 13.6. The fraction of sp³-hybridized carbons (Fsp3) is 0.556. The first-order valence-electron chi connectivity index (χ1n) is 7.67. The monoisotopic (exact) mass is 366 g/mol. The van der Waals surface area contributed by atoms with E-state index < -0.39 is 5.41 Å². The number of halogens is 1. The van der Waals surface area contributed by atoms with Crippen LogP contribution in [-0.4, -0.2) is 16.6 Å². The van der Waals surface area contributed by atoms with E-state index in [9.17, 15) is 9.59 Å². The molecule has 1 aliphatic rings. The number of carbonyl (C=O) groups is 2. The van der Waals surface area contributed by atoms with Crippen molar-refractivity contribution < 1.29 is 14.3 Å². The molecular formula is C18H23BrO3. The smallest absolute Gasteiger partial charge is 0.316 e. The number of ether oxygens (including phenoxy) is 1. The zero-order chi connectivity index (χ0) is 16.5. The Kier molecular flexibility index (Phi) is 5.10. The lowest BCUT2D eigenvalue weighted by atomic mass is 9.81. The average molecular weight is 367 g/mol. The molecule has 0 bridgehead atoms. The molecule has 120 valence electrons. The van der Waals surface area contributed by atoms with Crippen LogP contribution in [0.3, 0.4) is 0 Å². The number of Topliss-reactive ketones (excluding diaryl/α,β-unsaturated/α-hetero) is 1. The molecule has 0 amide bonds. The highest BCUT2D eigenvalue weighted by atomic mass is 79.9. The van der Waals surface area contributed by atoms with Crippen LogP contribution in [0.4, 0.5) is 0 Å². The first-order chi connectivity index (χ1) is 10.2. The maximum atomic E-state index is 12.1. The van der Waals surface area contributed by atoms with Crippen molar-refractivity contribution in [1.29, 1.82) is 0 Å². The molecule has 0 spiro atoms. The molecule has 0 N–H and O–H groups in total. The SMILES string of the molecule is CC(=O)C(Br)C1CCc2c(cccc2OC(=O)C(C)(C)C)C1. The average Bonchev–Trinajstić information content (AvgIpc) is 2.45. The molecule has 0 aromatic heterocycles. The van der Waals surface area contributed by atoms with Gasteiger partial charge < -0.3 is 4.74 Å². The molecule has 22 heavy (non-hydrogen) atoms. The molecule has 2 unspecified atom stereocenters. The van der Waals surface area contributed by atoms with Gasteiger partial charge in [-0.05, 0) is 70.1 Å². The molecule has 1 aromatic rings. The summed E-state index contributed by atoms with van der Waals surface area (Å²) in [6, 6.07) is 5.85. The predicted molar refractivity (Wildman–Crippen MR) is 90.4 cm³/mol. The van der Waals surface area contributed by atoms with E-state index in [1.54, 1.807) is 6.92 Å². The zero-order valence-corrected chi connectivity index (χ0v) is 15.2. The predicted octanol–water partition coefficient (Wildman–Crippen LogP) is 4.10. The molecule has 3 nitrogen and oxygen atoms in total. The first-order valence-corrected chi connectivity index (χ1v) is 8.59. The Balaban J connectivity index is 2.21. The van der Waals surface area contributed by atoms with E-state index in [1.807, 2.05) is 32.9 Å². The standard InChI is InChI=1S/C18H23BrO3/c1-11(20)16(19)13-8-9-14-12(10-13)6-5-7-15(14)22-17(21)18(2,3)4/h5-7,13,16H,8-10H2,1-4H3. The van der Waals surface area contributed by atoms with E-state index in [4.69, 9.17) is 4.74 Å². The van der Waals surface area contributed by atoms with Crippen LogP contribution in [0.25, 0.3) is 0 Å². The second-order valence-electron chi connectivity index (χ2n) is 7.05. The van der Waals surface area contributed by atoms with Crippen molar-refractivity contribution in [3.63, 3.8) is 0 Å². The van der Waals surface area contributed by atoms with E-state index in [2.05, 4.69) is 22.0 Å². The largest absolute Gasteiger partial charge is 0.426 e. The molecule has 1 aliphatic carbocycles. The Morgan fingerprint density at radius 3 is 2.59 bits per heavy atom. The van der Waals surface area contributed by atoms with Crippen molar-refractivity contribution >= 4 is 27.7 Å². The number of hydrogen-bond donors (Lipinski definition) is 0. The lowest BCUT2D eigenvalue weighted by Gasteiger charge is -2.28. The molecule has 0 saturated heterocycles. The Morgan fingerprint density at radius 1 is 1.32 bits per heavy atom. The number of hydrogen-bond acceptors (Lipinski definition) is 3. The van der Waals surface area contributed by atoms with Gasteiger partial charge in [0.05, 0.1) is 10.2 Å². The van der Waals surface area contributed by atoms with E-state index in [0.29, 0.717) is 11.7 Å². The Morgan fingerprint density at radius 2 is 2.00 bits per heavy atom. The molecular weight excluding hydrogens is 344 g/mol. The molecule has 0 heterocycles. The van der Waals surface area contributed by atoms with Crippen LogP contribution in [0.2, 0.25) is 0 Å². The highest BCUT2D eigenvalue weighted by molar-refractivity contribution is 9.10. The van der Waals surface area contributed by atoms with Gasteiger partial charge in [0.2, 0.25) is 0 Å². The summed E-state index contributed by atoms with van der Waals surface area (Å²) in [5.74, 6) is 0.928. The molecule has 1 aromatic carbocycles. The fourth-order valence-corrected chi connectivity index (χ4v) is 3.18. The van der Waals surface area contributed by atoms with Gasteiger partial charge in [-0.15, -0.1) is 0 Å². The second-order valence-corrected chi connectivity index (χ2v) is 8.04. The molecule has 2 atom stereocenters. The molecule has 4 heteroatoms. The maximum Gasteiger partial charge on any atom is 0.316 e. The van der Waals surface area contributed by atoms with Crippen molar-refractivity contribution in [3.05, 3.63) is 29.3 Å². The van der Waals surface area contributed by atoms with E-state index in [1.165, 1.54) is 5.56 Å². The number of fused-ring (bicyclic) bond motifs is 1. The Hall–Kier alpha value is -1.16. The van der Waals surface area contributed by atoms with E-state index >= 15 is 0 Å². The number of esters is 1. The Labute approximate surface area is 140 Å². The number of rotatable bonds is 3. The lowest BCUT2D eigenvalue weighted by molar-refractivity contribution is -0.143. The summed E-state index contributed by atoms with van der Waals surface area (Å²) in [6.07, 6.45) is 2.60. The number of ketones is 1. The minimum absolute atomic E-state index is 0.0959. The van der Waals surface area contributed by atoms with Gasteiger partial charge in [0, 0.05) is 0 Å². The number of carbonyl (C=O) groups excluding carboxylic acids is 2. The van der Waals surface area contributed by atoms with Crippen LogP contribution < -0.4 is 4.74 Å². The van der Waals surface area contributed by atoms with Crippen molar-refractivity contribution in [2.75, 3.05) is 0 Å². The van der Waals surface area contributed by atoms with E-state index in [0.717, 1.165) is 24.8 Å². The Bertz CT molecular complexity index is 586. The summed E-state index contributed by atoms with van der Waals surface area (Å²) in [6.45, 7) is 7.17. The topological polar surface area (TPSA) is 43.4 Å². The normalized spacial score (nSPS) is 19.2. The van der Waals surface area contributed by atoms with E-state index in [-0.39, 0.29) is 16.6 Å². The lowest BCUT2D eigenvalue weighted by Crippen LogP contribution is -2.29. The van der Waals surface area contributed by atoms with Gasteiger partial charge in [0.25, 0.3) is 0 Å². The summed E-state index contributed by atoms with van der Waals surface area (Å²) in [7, 11) is 0. The quantitative estimate of drug-likeness (QED) is 0.459. The van der Waals surface area contributed by atoms with Gasteiger partial charge in [-0.2, -0.15) is 0 Å². The second kappa shape index (κ2) is 6.53. The van der Waals surface area contributed by atoms with Crippen molar-refractivity contribution in [3.8, 4) is 5.75 Å². The van der Waals surface area contributed by atoms with Crippen molar-refractivity contribution in [2.24, 2.45) is 11.3 Å². The van der Waals surface area contributed by atoms with Crippen LogP contribution >= 0.6 is 15.9 Å². The molecule has 0 saturated carbocycles. The van der Waals surface area contributed by atoms with Gasteiger partial charge in [-0.3, -0.25) is 9.59 Å². The third kappa shape index (κ3) is 3.78. The minimum Gasteiger partial charge on any atom is -0.426 e. The summed E-state index contributed by atoms with van der Waals surface area (Å²) in [5, 5.41) is 0. The van der Waals surface area contributed by atoms with Gasteiger partial charge in [-0.25, -0.2) is 0 Å². The minimum atomic E-state index is -0.518. The van der Waals surface area contributed by atoms with Crippen LogP contribution in [0.5, 0.6) is 5.75 Å². The highest BCUT2D eigenvalue weighted by Crippen LogP contribution is 2.36. The molecule has 2 rings (SSSR count). The van der Waals surface area contributed by atoms with Gasteiger partial charge in [0.1, 0.15) is 11.5 Å². The summed E-state index contributed by atoms with van der Waals surface area (Å²) in [5.41, 5.74) is 1.77. The van der Waals surface area contributed by atoms with Crippen molar-refractivity contribution in [1.82, 2.24) is 0 Å². The summed E-state index contributed by atoms with van der Waals surface area (Å²) in [4.78, 5) is 23.6. The fourth-order valence-electron chi connectivity index (χ4n) is 2.73.